The second-order valence-electron chi connectivity index (χ2n) is 3.51. The number of halogens is 5. The number of carbonyl (C=O) groups excluding carboxylic acids is 1. The van der Waals surface area contributed by atoms with Crippen molar-refractivity contribution in [3.05, 3.63) is 34.9 Å². The molecule has 0 aliphatic rings. The maximum absolute atomic E-state index is 12.5. The Morgan fingerprint density at radius 2 is 1.35 bits per heavy atom. The first-order chi connectivity index (χ1) is 7.82. The summed E-state index contributed by atoms with van der Waals surface area (Å²) < 4.78 is 50.0. The van der Waals surface area contributed by atoms with Gasteiger partial charge >= 0.3 is 0 Å². The molecule has 1 aromatic carbocycles. The SMILES string of the molecule is CC(=O)C(Br)c1cc(C(F)F)cc(C(F)F)c1. The molecule has 1 atom stereocenters. The number of benzene rings is 1. The third kappa shape index (κ3) is 3.52. The summed E-state index contributed by atoms with van der Waals surface area (Å²) in [7, 11) is 0. The maximum atomic E-state index is 12.5. The summed E-state index contributed by atoms with van der Waals surface area (Å²) in [5.74, 6) is -0.336. The zero-order valence-corrected chi connectivity index (χ0v) is 10.3. The molecule has 1 unspecified atom stereocenters. The first kappa shape index (κ1) is 14.2. The van der Waals surface area contributed by atoms with Crippen molar-refractivity contribution in [1.29, 1.82) is 0 Å². The minimum Gasteiger partial charge on any atom is -0.298 e. The fourth-order valence-electron chi connectivity index (χ4n) is 1.34. The molecule has 0 amide bonds. The molecule has 1 rings (SSSR count). The molecule has 0 saturated carbocycles. The lowest BCUT2D eigenvalue weighted by molar-refractivity contribution is -0.116. The summed E-state index contributed by atoms with van der Waals surface area (Å²) in [6.45, 7) is 1.25. The molecule has 0 aliphatic heterocycles. The zero-order chi connectivity index (χ0) is 13.2. The Morgan fingerprint density at radius 1 is 1.00 bits per heavy atom. The summed E-state index contributed by atoms with van der Waals surface area (Å²) in [4.78, 5) is 10.2. The van der Waals surface area contributed by atoms with E-state index < -0.39 is 28.8 Å². The molecule has 0 heterocycles. The van der Waals surface area contributed by atoms with Crippen LogP contribution in [0.15, 0.2) is 18.2 Å². The lowest BCUT2D eigenvalue weighted by Crippen LogP contribution is -2.03. The quantitative estimate of drug-likeness (QED) is 0.587. The summed E-state index contributed by atoms with van der Waals surface area (Å²) in [6.07, 6.45) is -5.70. The van der Waals surface area contributed by atoms with Crippen LogP contribution in [-0.2, 0) is 4.79 Å². The Balaban J connectivity index is 3.26. The molecule has 17 heavy (non-hydrogen) atoms. The van der Waals surface area contributed by atoms with Crippen LogP contribution in [0.25, 0.3) is 0 Å². The number of rotatable bonds is 4. The average molecular weight is 313 g/mol. The van der Waals surface area contributed by atoms with Gasteiger partial charge in [-0.25, -0.2) is 17.6 Å². The van der Waals surface area contributed by atoms with E-state index in [1.807, 2.05) is 0 Å². The lowest BCUT2D eigenvalue weighted by Gasteiger charge is -2.11. The molecule has 0 aromatic heterocycles. The van der Waals surface area contributed by atoms with Crippen molar-refractivity contribution in [1.82, 2.24) is 0 Å². The maximum Gasteiger partial charge on any atom is 0.263 e. The van der Waals surface area contributed by atoms with Gasteiger partial charge in [-0.05, 0) is 30.7 Å². The number of hydrogen-bond donors (Lipinski definition) is 0. The van der Waals surface area contributed by atoms with Gasteiger partial charge in [-0.2, -0.15) is 0 Å². The van der Waals surface area contributed by atoms with Gasteiger partial charge in [0.05, 0.1) is 4.83 Å². The molecule has 0 bridgehead atoms. The number of Topliss-reactive ketones (excluding diaryl/α,β-unsaturated/α-hetero) is 1. The van der Waals surface area contributed by atoms with Gasteiger partial charge in [0.2, 0.25) is 0 Å². The number of hydrogen-bond acceptors (Lipinski definition) is 1. The first-order valence-corrected chi connectivity index (χ1v) is 5.60. The molecule has 6 heteroatoms. The highest BCUT2D eigenvalue weighted by atomic mass is 79.9. The van der Waals surface area contributed by atoms with Gasteiger partial charge in [0.1, 0.15) is 5.78 Å². The second kappa shape index (κ2) is 5.62. The third-order valence-corrected chi connectivity index (χ3v) is 3.33. The monoisotopic (exact) mass is 312 g/mol. The van der Waals surface area contributed by atoms with Gasteiger partial charge in [0.15, 0.2) is 0 Å². The van der Waals surface area contributed by atoms with Gasteiger partial charge in [-0.15, -0.1) is 0 Å². The fraction of sp³-hybridized carbons (Fsp3) is 0.364. The third-order valence-electron chi connectivity index (χ3n) is 2.15. The highest BCUT2D eigenvalue weighted by Gasteiger charge is 2.19. The lowest BCUT2D eigenvalue weighted by atomic mass is 10.0. The van der Waals surface area contributed by atoms with Crippen molar-refractivity contribution < 1.29 is 22.4 Å². The van der Waals surface area contributed by atoms with Crippen LogP contribution in [0.5, 0.6) is 0 Å². The molecule has 1 aromatic rings. The van der Waals surface area contributed by atoms with Crippen LogP contribution in [0.3, 0.4) is 0 Å². The molecule has 0 saturated heterocycles. The Bertz CT molecular complexity index is 394. The Labute approximate surface area is 104 Å². The van der Waals surface area contributed by atoms with E-state index in [9.17, 15) is 22.4 Å². The van der Waals surface area contributed by atoms with Crippen molar-refractivity contribution in [2.75, 3.05) is 0 Å². The largest absolute Gasteiger partial charge is 0.298 e. The van der Waals surface area contributed by atoms with Crippen molar-refractivity contribution in [3.63, 3.8) is 0 Å². The smallest absolute Gasteiger partial charge is 0.263 e. The van der Waals surface area contributed by atoms with E-state index >= 15 is 0 Å². The molecule has 0 spiro atoms. The number of carbonyl (C=O) groups is 1. The normalized spacial score (nSPS) is 13.2. The Kier molecular flexibility index (Phi) is 4.68. The summed E-state index contributed by atoms with van der Waals surface area (Å²) in [6, 6.07) is 2.85. The van der Waals surface area contributed by atoms with E-state index in [4.69, 9.17) is 0 Å². The van der Waals surface area contributed by atoms with Gasteiger partial charge in [-0.1, -0.05) is 15.9 Å². The van der Waals surface area contributed by atoms with Crippen molar-refractivity contribution in [3.8, 4) is 0 Å². The van der Waals surface area contributed by atoms with E-state index in [1.165, 1.54) is 6.92 Å². The van der Waals surface area contributed by atoms with Crippen LogP contribution < -0.4 is 0 Å². The molecular formula is C11H9BrF4O. The van der Waals surface area contributed by atoms with Crippen molar-refractivity contribution >= 4 is 21.7 Å². The van der Waals surface area contributed by atoms with E-state index in [-0.39, 0.29) is 11.3 Å². The van der Waals surface area contributed by atoms with Crippen LogP contribution in [0, 0.1) is 0 Å². The predicted octanol–water partition coefficient (Wildman–Crippen LogP) is 4.59. The second-order valence-corrected chi connectivity index (χ2v) is 4.42. The number of alkyl halides is 5. The van der Waals surface area contributed by atoms with Gasteiger partial charge in [0.25, 0.3) is 12.9 Å². The van der Waals surface area contributed by atoms with E-state index in [1.54, 1.807) is 0 Å². The van der Waals surface area contributed by atoms with Crippen LogP contribution in [-0.4, -0.2) is 5.78 Å². The van der Waals surface area contributed by atoms with Gasteiger partial charge in [0, 0.05) is 11.1 Å². The summed E-state index contributed by atoms with van der Waals surface area (Å²) in [5.41, 5.74) is -0.905. The molecule has 0 N–H and O–H groups in total. The van der Waals surface area contributed by atoms with Crippen LogP contribution >= 0.6 is 15.9 Å². The molecule has 1 nitrogen and oxygen atoms in total. The molecule has 0 radical (unpaired) electrons. The van der Waals surface area contributed by atoms with Gasteiger partial charge in [-0.3, -0.25) is 4.79 Å². The Hall–Kier alpha value is -0.910. The highest BCUT2D eigenvalue weighted by molar-refractivity contribution is 9.09. The minimum atomic E-state index is -2.85. The molecular weight excluding hydrogens is 304 g/mol. The average Bonchev–Trinajstić information content (AvgIpc) is 2.27. The van der Waals surface area contributed by atoms with Crippen LogP contribution in [0.1, 0.15) is 41.3 Å². The topological polar surface area (TPSA) is 17.1 Å². The van der Waals surface area contributed by atoms with Crippen molar-refractivity contribution in [2.45, 2.75) is 24.6 Å². The predicted molar refractivity (Wildman–Crippen MR) is 58.7 cm³/mol. The summed E-state index contributed by atoms with van der Waals surface area (Å²) in [5, 5.41) is 0. The van der Waals surface area contributed by atoms with E-state index in [0.717, 1.165) is 18.2 Å². The van der Waals surface area contributed by atoms with Crippen molar-refractivity contribution in [2.24, 2.45) is 0 Å². The zero-order valence-electron chi connectivity index (χ0n) is 8.76. The fourth-order valence-corrected chi connectivity index (χ4v) is 1.60. The van der Waals surface area contributed by atoms with Gasteiger partial charge < -0.3 is 0 Å². The molecule has 0 fully saturated rings. The molecule has 94 valence electrons. The molecule has 0 aliphatic carbocycles. The standard InChI is InChI=1S/C11H9BrF4O/c1-5(17)9(12)6-2-7(10(13)14)4-8(3-6)11(15)16/h2-4,9-11H,1H3. The Morgan fingerprint density at radius 3 is 1.65 bits per heavy atom. The summed E-state index contributed by atoms with van der Waals surface area (Å²) >= 11 is 2.98. The number of ketones is 1. The van der Waals surface area contributed by atoms with Crippen LogP contribution in [0.4, 0.5) is 17.6 Å². The van der Waals surface area contributed by atoms with E-state index in [2.05, 4.69) is 15.9 Å². The van der Waals surface area contributed by atoms with E-state index in [0.29, 0.717) is 0 Å². The first-order valence-electron chi connectivity index (χ1n) is 4.68. The highest BCUT2D eigenvalue weighted by Crippen LogP contribution is 2.32. The van der Waals surface area contributed by atoms with Crippen LogP contribution in [0.2, 0.25) is 0 Å². The minimum absolute atomic E-state index is 0.116.